The van der Waals surface area contributed by atoms with Crippen LogP contribution in [0.5, 0.6) is 0 Å². The minimum Gasteiger partial charge on any atom is -0.354 e. The Morgan fingerprint density at radius 1 is 1.05 bits per heavy atom. The Labute approximate surface area is 129 Å². The van der Waals surface area contributed by atoms with Crippen LogP contribution in [0.4, 0.5) is 11.4 Å². The summed E-state index contributed by atoms with van der Waals surface area (Å²) in [5.74, 6) is -0.157. The number of amides is 1. The zero-order chi connectivity index (χ0) is 16.1. The maximum atomic E-state index is 12.0. The van der Waals surface area contributed by atoms with Crippen molar-refractivity contribution >= 4 is 23.1 Å². The second-order valence-electron chi connectivity index (χ2n) is 5.35. The first-order valence-corrected chi connectivity index (χ1v) is 7.09. The summed E-state index contributed by atoms with van der Waals surface area (Å²) < 4.78 is 0. The Morgan fingerprint density at radius 2 is 1.77 bits per heavy atom. The summed E-state index contributed by atoms with van der Waals surface area (Å²) in [6, 6.07) is 8.98. The van der Waals surface area contributed by atoms with Crippen molar-refractivity contribution in [2.75, 3.05) is 5.32 Å². The Hall–Kier alpha value is -2.69. The van der Waals surface area contributed by atoms with Gasteiger partial charge in [0, 0.05) is 23.5 Å². The molecule has 0 aliphatic carbocycles. The van der Waals surface area contributed by atoms with Crippen molar-refractivity contribution in [2.24, 2.45) is 0 Å². The molecule has 0 radical (unpaired) electrons. The lowest BCUT2D eigenvalue weighted by Gasteiger charge is -2.10. The van der Waals surface area contributed by atoms with Gasteiger partial charge in [-0.15, -0.1) is 0 Å². The number of carbonyl (C=O) groups excluding carboxylic acids is 2. The fraction of sp³-hybridized carbons (Fsp3) is 0.235. The van der Waals surface area contributed by atoms with Gasteiger partial charge in [-0.05, 0) is 39.0 Å². The number of Topliss-reactive ketones (excluding diaryl/α,β-unsaturated/α-hetero) is 1. The van der Waals surface area contributed by atoms with E-state index in [0.717, 1.165) is 5.69 Å². The predicted molar refractivity (Wildman–Crippen MR) is 86.6 cm³/mol. The van der Waals surface area contributed by atoms with Crippen LogP contribution in [-0.4, -0.2) is 22.7 Å². The van der Waals surface area contributed by atoms with E-state index in [1.807, 2.05) is 26.0 Å². The van der Waals surface area contributed by atoms with Gasteiger partial charge in [-0.2, -0.15) is 0 Å². The summed E-state index contributed by atoms with van der Waals surface area (Å²) >= 11 is 0. The van der Waals surface area contributed by atoms with Gasteiger partial charge >= 0.3 is 0 Å². The average Bonchev–Trinajstić information content (AvgIpc) is 2.47. The van der Waals surface area contributed by atoms with Crippen LogP contribution in [0.3, 0.4) is 0 Å². The van der Waals surface area contributed by atoms with Gasteiger partial charge in [-0.1, -0.05) is 12.1 Å². The fourth-order valence-electron chi connectivity index (χ4n) is 1.96. The first-order valence-electron chi connectivity index (χ1n) is 7.09. The Bertz CT molecular complexity index is 696. The maximum Gasteiger partial charge on any atom is 0.253 e. The fourth-order valence-corrected chi connectivity index (χ4v) is 1.96. The summed E-state index contributed by atoms with van der Waals surface area (Å²) in [5, 5.41) is 5.98. The molecule has 0 spiro atoms. The lowest BCUT2D eigenvalue weighted by Crippen LogP contribution is -2.30. The van der Waals surface area contributed by atoms with Crippen molar-refractivity contribution in [1.29, 1.82) is 0 Å². The lowest BCUT2D eigenvalue weighted by molar-refractivity contribution is 0.0942. The maximum absolute atomic E-state index is 12.0. The van der Waals surface area contributed by atoms with Gasteiger partial charge in [0.1, 0.15) is 0 Å². The normalized spacial score (nSPS) is 10.4. The number of anilines is 2. The highest BCUT2D eigenvalue weighted by Crippen LogP contribution is 2.18. The van der Waals surface area contributed by atoms with E-state index in [1.165, 1.54) is 13.1 Å². The number of nitrogens with zero attached hydrogens (tertiary/aromatic N) is 1. The average molecular weight is 297 g/mol. The highest BCUT2D eigenvalue weighted by molar-refractivity contribution is 5.96. The first-order chi connectivity index (χ1) is 10.5. The molecule has 0 aliphatic heterocycles. The van der Waals surface area contributed by atoms with Crippen LogP contribution in [0.2, 0.25) is 0 Å². The third-order valence-corrected chi connectivity index (χ3v) is 2.98. The van der Waals surface area contributed by atoms with Crippen molar-refractivity contribution in [3.8, 4) is 0 Å². The van der Waals surface area contributed by atoms with E-state index in [1.54, 1.807) is 24.4 Å². The molecule has 1 heterocycles. The molecule has 0 aliphatic rings. The number of nitrogens with one attached hydrogen (secondary N) is 2. The molecule has 1 aromatic heterocycles. The number of rotatable bonds is 5. The lowest BCUT2D eigenvalue weighted by atomic mass is 10.1. The first kappa shape index (κ1) is 15.7. The number of benzene rings is 1. The molecule has 1 aromatic carbocycles. The summed E-state index contributed by atoms with van der Waals surface area (Å²) in [4.78, 5) is 27.5. The summed E-state index contributed by atoms with van der Waals surface area (Å²) in [6.07, 6.45) is 3.15. The predicted octanol–water partition coefficient (Wildman–Crippen LogP) is 3.17. The van der Waals surface area contributed by atoms with Crippen LogP contribution in [-0.2, 0) is 0 Å². The van der Waals surface area contributed by atoms with Crippen molar-refractivity contribution < 1.29 is 9.59 Å². The van der Waals surface area contributed by atoms with Gasteiger partial charge in [0.2, 0.25) is 0 Å². The molecule has 0 atom stereocenters. The topological polar surface area (TPSA) is 71.1 Å². The van der Waals surface area contributed by atoms with Crippen LogP contribution in [0.25, 0.3) is 0 Å². The van der Waals surface area contributed by atoms with E-state index in [4.69, 9.17) is 0 Å². The molecular weight excluding hydrogens is 278 g/mol. The largest absolute Gasteiger partial charge is 0.354 e. The molecule has 0 fully saturated rings. The second-order valence-corrected chi connectivity index (χ2v) is 5.35. The molecule has 0 saturated heterocycles. The number of hydrogen-bond acceptors (Lipinski definition) is 4. The second kappa shape index (κ2) is 6.85. The Balaban J connectivity index is 2.18. The van der Waals surface area contributed by atoms with E-state index < -0.39 is 0 Å². The molecule has 22 heavy (non-hydrogen) atoms. The van der Waals surface area contributed by atoms with Gasteiger partial charge in [-0.25, -0.2) is 0 Å². The van der Waals surface area contributed by atoms with Crippen LogP contribution in [0, 0.1) is 0 Å². The number of pyridine rings is 1. The standard InChI is InChI=1S/C17H19N3O2/c1-11(2)19-17(22)14-8-16(10-18-9-14)20-15-6-4-5-13(7-15)12(3)21/h4-11,20H,1-3H3,(H,19,22). The van der Waals surface area contributed by atoms with Crippen LogP contribution in [0.1, 0.15) is 41.5 Å². The Kier molecular flexibility index (Phi) is 4.88. The molecule has 2 aromatic rings. The van der Waals surface area contributed by atoms with Crippen molar-refractivity contribution in [3.05, 3.63) is 53.9 Å². The SMILES string of the molecule is CC(=O)c1cccc(Nc2cncc(C(=O)NC(C)C)c2)c1. The Morgan fingerprint density at radius 3 is 2.45 bits per heavy atom. The van der Waals surface area contributed by atoms with E-state index in [9.17, 15) is 9.59 Å². The quantitative estimate of drug-likeness (QED) is 0.832. The van der Waals surface area contributed by atoms with Crippen LogP contribution in [0.15, 0.2) is 42.7 Å². The highest BCUT2D eigenvalue weighted by atomic mass is 16.1. The number of carbonyl (C=O) groups is 2. The van der Waals surface area contributed by atoms with E-state index in [0.29, 0.717) is 16.8 Å². The molecule has 114 valence electrons. The van der Waals surface area contributed by atoms with Crippen LogP contribution >= 0.6 is 0 Å². The molecule has 5 nitrogen and oxygen atoms in total. The van der Waals surface area contributed by atoms with Crippen molar-refractivity contribution in [1.82, 2.24) is 10.3 Å². The third-order valence-electron chi connectivity index (χ3n) is 2.98. The molecule has 0 unspecified atom stereocenters. The van der Waals surface area contributed by atoms with Gasteiger partial charge in [0.05, 0.1) is 17.4 Å². The zero-order valence-corrected chi connectivity index (χ0v) is 12.9. The van der Waals surface area contributed by atoms with Gasteiger partial charge in [0.15, 0.2) is 5.78 Å². The third kappa shape index (κ3) is 4.15. The van der Waals surface area contributed by atoms with E-state index >= 15 is 0 Å². The summed E-state index contributed by atoms with van der Waals surface area (Å²) in [5.41, 5.74) is 2.58. The van der Waals surface area contributed by atoms with E-state index in [2.05, 4.69) is 15.6 Å². The molecule has 1 amide bonds. The van der Waals surface area contributed by atoms with Gasteiger partial charge in [0.25, 0.3) is 5.91 Å². The molecule has 0 bridgehead atoms. The van der Waals surface area contributed by atoms with E-state index in [-0.39, 0.29) is 17.7 Å². The molecule has 2 rings (SSSR count). The number of hydrogen-bond donors (Lipinski definition) is 2. The highest BCUT2D eigenvalue weighted by Gasteiger charge is 2.08. The molecular formula is C17H19N3O2. The summed E-state index contributed by atoms with van der Waals surface area (Å²) in [6.45, 7) is 5.33. The minimum absolute atomic E-state index is 0.00633. The number of ketones is 1. The van der Waals surface area contributed by atoms with Gasteiger partial charge in [-0.3, -0.25) is 14.6 Å². The molecule has 5 heteroatoms. The van der Waals surface area contributed by atoms with Crippen LogP contribution < -0.4 is 10.6 Å². The number of aromatic nitrogens is 1. The zero-order valence-electron chi connectivity index (χ0n) is 12.9. The molecule has 2 N–H and O–H groups in total. The van der Waals surface area contributed by atoms with Gasteiger partial charge < -0.3 is 10.6 Å². The van der Waals surface area contributed by atoms with Crippen molar-refractivity contribution in [2.45, 2.75) is 26.8 Å². The summed E-state index contributed by atoms with van der Waals surface area (Å²) in [7, 11) is 0. The minimum atomic E-state index is -0.163. The monoisotopic (exact) mass is 297 g/mol. The smallest absolute Gasteiger partial charge is 0.253 e. The van der Waals surface area contributed by atoms with Crippen molar-refractivity contribution in [3.63, 3.8) is 0 Å². The molecule has 0 saturated carbocycles.